The van der Waals surface area contributed by atoms with Gasteiger partial charge in [0.15, 0.2) is 0 Å². The summed E-state index contributed by atoms with van der Waals surface area (Å²) in [6, 6.07) is 12.1. The van der Waals surface area contributed by atoms with Crippen molar-refractivity contribution in [3.8, 4) is 5.75 Å². The summed E-state index contributed by atoms with van der Waals surface area (Å²) in [7, 11) is 0. The summed E-state index contributed by atoms with van der Waals surface area (Å²) in [4.78, 5) is 11.7. The Bertz CT molecular complexity index is 654. The van der Waals surface area contributed by atoms with Crippen LogP contribution in [-0.4, -0.2) is 17.2 Å². The van der Waals surface area contributed by atoms with Gasteiger partial charge in [-0.15, -0.1) is 0 Å². The van der Waals surface area contributed by atoms with Gasteiger partial charge in [-0.05, 0) is 36.8 Å². The highest BCUT2D eigenvalue weighted by atomic mass is 35.5. The lowest BCUT2D eigenvalue weighted by molar-refractivity contribution is 0.0955. The Balaban J connectivity index is 2.10. The molecule has 2 aromatic carbocycles. The summed E-state index contributed by atoms with van der Waals surface area (Å²) in [5.41, 5.74) is 4.24. The van der Waals surface area contributed by atoms with Gasteiger partial charge in [0.2, 0.25) is 0 Å². The Labute approximate surface area is 121 Å². The maximum Gasteiger partial charge on any atom is 0.271 e. The van der Waals surface area contributed by atoms with E-state index in [9.17, 15) is 9.90 Å². The van der Waals surface area contributed by atoms with Gasteiger partial charge in [-0.1, -0.05) is 29.8 Å². The first kappa shape index (κ1) is 14.1. The molecule has 2 rings (SSSR count). The second-order valence-electron chi connectivity index (χ2n) is 4.25. The maximum atomic E-state index is 11.7. The largest absolute Gasteiger partial charge is 0.506 e. The fourth-order valence-electron chi connectivity index (χ4n) is 1.67. The molecule has 1 amide bonds. The van der Waals surface area contributed by atoms with E-state index in [2.05, 4.69) is 10.5 Å². The first-order chi connectivity index (χ1) is 9.58. The quantitative estimate of drug-likeness (QED) is 0.673. The summed E-state index contributed by atoms with van der Waals surface area (Å²) in [5.74, 6) is -0.380. The number of hydrogen-bond donors (Lipinski definition) is 2. The molecule has 20 heavy (non-hydrogen) atoms. The van der Waals surface area contributed by atoms with Crippen LogP contribution in [0.15, 0.2) is 47.6 Å². The third kappa shape index (κ3) is 3.36. The van der Waals surface area contributed by atoms with E-state index in [1.807, 2.05) is 13.0 Å². The topological polar surface area (TPSA) is 61.7 Å². The third-order valence-corrected chi connectivity index (χ3v) is 2.93. The number of carbonyl (C=O) groups excluding carboxylic acids is 1. The number of aromatic hydroxyl groups is 1. The first-order valence-corrected chi connectivity index (χ1v) is 6.33. The highest BCUT2D eigenvalue weighted by molar-refractivity contribution is 6.32. The van der Waals surface area contributed by atoms with Crippen molar-refractivity contribution in [1.82, 2.24) is 5.43 Å². The predicted molar refractivity (Wildman–Crippen MR) is 79.4 cm³/mol. The molecule has 0 aliphatic heterocycles. The molecule has 102 valence electrons. The van der Waals surface area contributed by atoms with E-state index in [0.29, 0.717) is 11.1 Å². The molecule has 2 N–H and O–H groups in total. The number of hydrogen-bond acceptors (Lipinski definition) is 3. The lowest BCUT2D eigenvalue weighted by atomic mass is 10.1. The Kier molecular flexibility index (Phi) is 4.38. The Morgan fingerprint density at radius 2 is 2.00 bits per heavy atom. The zero-order valence-corrected chi connectivity index (χ0v) is 11.6. The third-order valence-electron chi connectivity index (χ3n) is 2.64. The summed E-state index contributed by atoms with van der Waals surface area (Å²) in [5, 5.41) is 13.8. The van der Waals surface area contributed by atoms with E-state index in [-0.39, 0.29) is 16.7 Å². The molecule has 5 heteroatoms. The first-order valence-electron chi connectivity index (χ1n) is 5.95. The molecular formula is C15H13ClN2O2. The molecule has 0 unspecified atom stereocenters. The van der Waals surface area contributed by atoms with Gasteiger partial charge >= 0.3 is 0 Å². The maximum absolute atomic E-state index is 11.7. The van der Waals surface area contributed by atoms with Gasteiger partial charge in [-0.25, -0.2) is 5.43 Å². The van der Waals surface area contributed by atoms with Crippen molar-refractivity contribution < 1.29 is 9.90 Å². The van der Waals surface area contributed by atoms with Crippen LogP contribution in [0.2, 0.25) is 5.02 Å². The number of phenols is 1. The number of benzene rings is 2. The molecule has 0 aromatic heterocycles. The van der Waals surface area contributed by atoms with Crippen LogP contribution in [0.4, 0.5) is 0 Å². The summed E-state index contributed by atoms with van der Waals surface area (Å²) < 4.78 is 0. The van der Waals surface area contributed by atoms with E-state index in [4.69, 9.17) is 11.6 Å². The van der Waals surface area contributed by atoms with Crippen molar-refractivity contribution in [2.24, 2.45) is 5.10 Å². The lowest BCUT2D eigenvalue weighted by Gasteiger charge is -2.03. The number of phenolic OH excluding ortho intramolecular Hbond substituents is 1. The van der Waals surface area contributed by atoms with Crippen LogP contribution in [0, 0.1) is 6.92 Å². The van der Waals surface area contributed by atoms with E-state index in [1.54, 1.807) is 36.4 Å². The van der Waals surface area contributed by atoms with Gasteiger partial charge < -0.3 is 5.11 Å². The minimum atomic E-state index is -0.319. The van der Waals surface area contributed by atoms with Crippen LogP contribution >= 0.6 is 11.6 Å². The summed E-state index contributed by atoms with van der Waals surface area (Å²) >= 11 is 5.86. The Hall–Kier alpha value is -2.33. The van der Waals surface area contributed by atoms with E-state index >= 15 is 0 Å². The number of rotatable bonds is 3. The van der Waals surface area contributed by atoms with Crippen LogP contribution in [0.1, 0.15) is 21.5 Å². The summed E-state index contributed by atoms with van der Waals surface area (Å²) in [6.45, 7) is 1.85. The fraction of sp³-hybridized carbons (Fsp3) is 0.0667. The lowest BCUT2D eigenvalue weighted by Crippen LogP contribution is -2.17. The molecule has 0 spiro atoms. The Morgan fingerprint density at radius 1 is 1.30 bits per heavy atom. The van der Waals surface area contributed by atoms with E-state index < -0.39 is 0 Å². The minimum Gasteiger partial charge on any atom is -0.506 e. The molecular weight excluding hydrogens is 276 g/mol. The fourth-order valence-corrected chi connectivity index (χ4v) is 1.96. The normalized spacial score (nSPS) is 10.7. The van der Waals surface area contributed by atoms with Crippen LogP contribution in [0.25, 0.3) is 0 Å². The average Bonchev–Trinajstić information content (AvgIpc) is 2.44. The monoisotopic (exact) mass is 288 g/mol. The van der Waals surface area contributed by atoms with Gasteiger partial charge in [0.1, 0.15) is 5.75 Å². The second kappa shape index (κ2) is 6.21. The van der Waals surface area contributed by atoms with E-state index in [1.165, 1.54) is 6.21 Å². The van der Waals surface area contributed by atoms with Crippen molar-refractivity contribution in [2.75, 3.05) is 0 Å². The molecule has 2 aromatic rings. The molecule has 0 saturated carbocycles. The van der Waals surface area contributed by atoms with Crippen molar-refractivity contribution in [2.45, 2.75) is 6.92 Å². The van der Waals surface area contributed by atoms with Crippen molar-refractivity contribution in [1.29, 1.82) is 0 Å². The van der Waals surface area contributed by atoms with Gasteiger partial charge in [-0.3, -0.25) is 4.79 Å². The molecule has 0 aliphatic rings. The van der Waals surface area contributed by atoms with Gasteiger partial charge in [0.05, 0.1) is 11.2 Å². The van der Waals surface area contributed by atoms with E-state index in [0.717, 1.165) is 5.56 Å². The predicted octanol–water partition coefficient (Wildman–Crippen LogP) is 3.12. The number of carbonyl (C=O) groups is 1. The average molecular weight is 289 g/mol. The number of nitrogens with one attached hydrogen (secondary N) is 1. The SMILES string of the molecule is Cc1cc(Cl)c(O)c(/C=N\NC(=O)c2ccccc2)c1. The van der Waals surface area contributed by atoms with Gasteiger partial charge in [0.25, 0.3) is 5.91 Å². The number of nitrogens with zero attached hydrogens (tertiary/aromatic N) is 1. The van der Waals surface area contributed by atoms with Crippen LogP contribution in [-0.2, 0) is 0 Å². The summed E-state index contributed by atoms with van der Waals surface area (Å²) in [6.07, 6.45) is 1.36. The molecule has 0 radical (unpaired) electrons. The van der Waals surface area contributed by atoms with Gasteiger partial charge in [-0.2, -0.15) is 5.10 Å². The number of amides is 1. The second-order valence-corrected chi connectivity index (χ2v) is 4.66. The standard InChI is InChI=1S/C15H13ClN2O2/c1-10-7-12(14(19)13(16)8-10)9-17-18-15(20)11-5-3-2-4-6-11/h2-9,19H,1H3,(H,18,20)/b17-9-. The smallest absolute Gasteiger partial charge is 0.271 e. The molecule has 4 nitrogen and oxygen atoms in total. The highest BCUT2D eigenvalue weighted by Gasteiger charge is 2.06. The molecule has 0 aliphatic carbocycles. The van der Waals surface area contributed by atoms with Crippen molar-refractivity contribution in [3.63, 3.8) is 0 Å². The molecule has 0 heterocycles. The molecule has 0 fully saturated rings. The van der Waals surface area contributed by atoms with Crippen LogP contribution in [0.3, 0.4) is 0 Å². The molecule has 0 atom stereocenters. The van der Waals surface area contributed by atoms with Crippen LogP contribution < -0.4 is 5.43 Å². The Morgan fingerprint density at radius 3 is 2.70 bits per heavy atom. The van der Waals surface area contributed by atoms with Gasteiger partial charge in [0, 0.05) is 11.1 Å². The molecule has 0 bridgehead atoms. The highest BCUT2D eigenvalue weighted by Crippen LogP contribution is 2.27. The zero-order chi connectivity index (χ0) is 14.5. The zero-order valence-electron chi connectivity index (χ0n) is 10.8. The van der Waals surface area contributed by atoms with Crippen molar-refractivity contribution >= 4 is 23.7 Å². The van der Waals surface area contributed by atoms with Crippen molar-refractivity contribution in [3.05, 3.63) is 64.2 Å². The molecule has 0 saturated heterocycles. The minimum absolute atomic E-state index is 0.0602. The number of hydrazone groups is 1. The van der Waals surface area contributed by atoms with Crippen LogP contribution in [0.5, 0.6) is 5.75 Å². The number of aryl methyl sites for hydroxylation is 1. The number of halogens is 1.